The molecule has 0 aliphatic carbocycles. The van der Waals surface area contributed by atoms with Crippen molar-refractivity contribution in [1.82, 2.24) is 14.5 Å². The molecule has 3 heterocycles. The van der Waals surface area contributed by atoms with E-state index >= 15 is 0 Å². The van der Waals surface area contributed by atoms with Gasteiger partial charge in [-0.3, -0.25) is 14.4 Å². The predicted octanol–water partition coefficient (Wildman–Crippen LogP) is 3.72. The number of ether oxygens (including phenoxy) is 1. The number of fused-ring (bicyclic) bond motifs is 1. The lowest BCUT2D eigenvalue weighted by Crippen LogP contribution is -2.44. The standard InChI is InChI=1S/C18H25N5O2.C9H10O2/c1-11(2)6-8-23-16-15(20-10-21-17(16)25)14(12(3)24)18(23)22-7-4-5-13(19)9-22;1-7(10)8-4-3-5-9(6-8)11-2/h6,10,13H,4-5,7-9,19H2,1-3H3,(H,20,21,25);3-6H,1-2H3. The highest BCUT2D eigenvalue weighted by Crippen LogP contribution is 2.32. The summed E-state index contributed by atoms with van der Waals surface area (Å²) in [6.07, 6.45) is 5.34. The van der Waals surface area contributed by atoms with Gasteiger partial charge < -0.3 is 24.9 Å². The molecule has 0 saturated carbocycles. The molecule has 9 heteroatoms. The van der Waals surface area contributed by atoms with E-state index in [9.17, 15) is 14.4 Å². The lowest BCUT2D eigenvalue weighted by Gasteiger charge is -2.33. The average molecular weight is 494 g/mol. The van der Waals surface area contributed by atoms with Crippen LogP contribution in [0.4, 0.5) is 5.82 Å². The summed E-state index contributed by atoms with van der Waals surface area (Å²) in [4.78, 5) is 44.8. The molecule has 1 unspecified atom stereocenters. The van der Waals surface area contributed by atoms with E-state index in [1.165, 1.54) is 20.2 Å². The molecular weight excluding hydrogens is 458 g/mol. The molecule has 3 N–H and O–H groups in total. The van der Waals surface area contributed by atoms with E-state index in [0.29, 0.717) is 35.2 Å². The van der Waals surface area contributed by atoms with Crippen LogP contribution in [0.3, 0.4) is 0 Å². The van der Waals surface area contributed by atoms with Crippen molar-refractivity contribution in [3.05, 3.63) is 63.7 Å². The van der Waals surface area contributed by atoms with Crippen LogP contribution >= 0.6 is 0 Å². The summed E-state index contributed by atoms with van der Waals surface area (Å²) in [5.74, 6) is 1.45. The second-order valence-electron chi connectivity index (χ2n) is 9.21. The minimum absolute atomic E-state index is 0.0592. The summed E-state index contributed by atoms with van der Waals surface area (Å²) >= 11 is 0. The number of H-pyrrole nitrogens is 1. The third kappa shape index (κ3) is 6.09. The second-order valence-corrected chi connectivity index (χ2v) is 9.21. The van der Waals surface area contributed by atoms with Gasteiger partial charge in [-0.25, -0.2) is 4.98 Å². The van der Waals surface area contributed by atoms with Crippen LogP contribution in [0.15, 0.2) is 47.0 Å². The van der Waals surface area contributed by atoms with Gasteiger partial charge in [-0.2, -0.15) is 0 Å². The third-order valence-electron chi connectivity index (χ3n) is 6.08. The molecule has 1 aromatic carbocycles. The zero-order valence-corrected chi connectivity index (χ0v) is 21.6. The van der Waals surface area contributed by atoms with Gasteiger partial charge in [-0.15, -0.1) is 0 Å². The smallest absolute Gasteiger partial charge is 0.275 e. The number of carbonyl (C=O) groups excluding carboxylic acids is 2. The van der Waals surface area contributed by atoms with Crippen molar-refractivity contribution in [2.24, 2.45) is 5.73 Å². The number of rotatable bonds is 6. The summed E-state index contributed by atoms with van der Waals surface area (Å²) < 4.78 is 6.86. The van der Waals surface area contributed by atoms with Gasteiger partial charge >= 0.3 is 0 Å². The maximum Gasteiger partial charge on any atom is 0.275 e. The number of nitrogens with zero attached hydrogens (tertiary/aromatic N) is 3. The van der Waals surface area contributed by atoms with E-state index in [0.717, 1.165) is 36.5 Å². The number of benzene rings is 1. The summed E-state index contributed by atoms with van der Waals surface area (Å²) in [6, 6.07) is 7.17. The highest BCUT2D eigenvalue weighted by Gasteiger charge is 2.29. The fourth-order valence-corrected chi connectivity index (χ4v) is 4.32. The Kier molecular flexibility index (Phi) is 8.82. The number of Topliss-reactive ketones (excluding diaryl/α,β-unsaturated/α-hetero) is 2. The zero-order valence-electron chi connectivity index (χ0n) is 21.6. The van der Waals surface area contributed by atoms with E-state index < -0.39 is 0 Å². The maximum absolute atomic E-state index is 12.5. The SMILES string of the molecule is CC(=O)c1c(N2CCCC(N)C2)n(CC=C(C)C)c2c(=O)[nH]cnc12.COc1cccc(C(C)=O)c1. The van der Waals surface area contributed by atoms with Crippen LogP contribution in [0.2, 0.25) is 0 Å². The van der Waals surface area contributed by atoms with Crippen molar-refractivity contribution in [2.75, 3.05) is 25.1 Å². The number of methoxy groups -OCH3 is 1. The van der Waals surface area contributed by atoms with E-state index in [1.54, 1.807) is 25.3 Å². The van der Waals surface area contributed by atoms with E-state index in [2.05, 4.69) is 14.9 Å². The van der Waals surface area contributed by atoms with E-state index in [-0.39, 0.29) is 23.2 Å². The Hall–Kier alpha value is -3.72. The lowest BCUT2D eigenvalue weighted by atomic mass is 10.1. The number of carbonyl (C=O) groups is 2. The molecule has 2 aromatic heterocycles. The fourth-order valence-electron chi connectivity index (χ4n) is 4.32. The second kappa shape index (κ2) is 11.8. The Morgan fingerprint density at radius 1 is 1.22 bits per heavy atom. The summed E-state index contributed by atoms with van der Waals surface area (Å²) in [5, 5.41) is 0. The molecule has 1 atom stereocenters. The molecule has 0 radical (unpaired) electrons. The van der Waals surface area contributed by atoms with Gasteiger partial charge in [0.15, 0.2) is 11.6 Å². The number of allylic oxidation sites excluding steroid dienone is 2. The number of ketones is 2. The summed E-state index contributed by atoms with van der Waals surface area (Å²) in [5.41, 5.74) is 9.17. The van der Waals surface area contributed by atoms with Crippen molar-refractivity contribution in [2.45, 2.75) is 53.1 Å². The van der Waals surface area contributed by atoms with Crippen LogP contribution < -0.4 is 20.9 Å². The molecule has 1 aliphatic rings. The molecular formula is C27H35N5O4. The number of nitrogens with one attached hydrogen (secondary N) is 1. The van der Waals surface area contributed by atoms with Crippen molar-refractivity contribution >= 4 is 28.4 Å². The Morgan fingerprint density at radius 2 is 1.97 bits per heavy atom. The number of aromatic amines is 1. The molecule has 1 saturated heterocycles. The Morgan fingerprint density at radius 3 is 2.58 bits per heavy atom. The first-order chi connectivity index (χ1) is 17.1. The molecule has 4 rings (SSSR count). The number of nitrogens with two attached hydrogens (primary N) is 1. The van der Waals surface area contributed by atoms with Crippen LogP contribution in [0, 0.1) is 0 Å². The average Bonchev–Trinajstić information content (AvgIpc) is 3.19. The Labute approximate surface area is 211 Å². The quantitative estimate of drug-likeness (QED) is 0.396. The molecule has 1 aliphatic heterocycles. The largest absolute Gasteiger partial charge is 0.497 e. The van der Waals surface area contributed by atoms with E-state index in [4.69, 9.17) is 10.5 Å². The normalized spacial score (nSPS) is 15.2. The lowest BCUT2D eigenvalue weighted by molar-refractivity contribution is 0.101. The number of piperidine rings is 1. The van der Waals surface area contributed by atoms with Crippen LogP contribution in [0.5, 0.6) is 5.75 Å². The number of aromatic nitrogens is 3. The van der Waals surface area contributed by atoms with Crippen LogP contribution in [0.1, 0.15) is 61.3 Å². The van der Waals surface area contributed by atoms with Crippen molar-refractivity contribution < 1.29 is 14.3 Å². The molecule has 192 valence electrons. The summed E-state index contributed by atoms with van der Waals surface area (Å²) in [6.45, 7) is 9.08. The van der Waals surface area contributed by atoms with Crippen molar-refractivity contribution in [3.8, 4) is 5.75 Å². The van der Waals surface area contributed by atoms with Crippen molar-refractivity contribution in [1.29, 1.82) is 0 Å². The summed E-state index contributed by atoms with van der Waals surface area (Å²) in [7, 11) is 1.58. The zero-order chi connectivity index (χ0) is 26.4. The van der Waals surface area contributed by atoms with Gasteiger partial charge in [0.25, 0.3) is 5.56 Å². The number of hydrogen-bond donors (Lipinski definition) is 2. The van der Waals surface area contributed by atoms with Crippen molar-refractivity contribution in [3.63, 3.8) is 0 Å². The van der Waals surface area contributed by atoms with Gasteiger partial charge in [0.05, 0.1) is 19.0 Å². The van der Waals surface area contributed by atoms with Gasteiger partial charge in [0.2, 0.25) is 0 Å². The van der Waals surface area contributed by atoms with Crippen LogP contribution in [-0.2, 0) is 6.54 Å². The highest BCUT2D eigenvalue weighted by atomic mass is 16.5. The van der Waals surface area contributed by atoms with Crippen LogP contribution in [-0.4, -0.2) is 52.3 Å². The minimum atomic E-state index is -0.234. The first-order valence-corrected chi connectivity index (χ1v) is 12.0. The fraction of sp³-hybridized carbons (Fsp3) is 0.407. The maximum atomic E-state index is 12.5. The molecule has 1 fully saturated rings. The first kappa shape index (κ1) is 26.9. The minimum Gasteiger partial charge on any atom is -0.497 e. The van der Waals surface area contributed by atoms with Gasteiger partial charge in [0, 0.05) is 31.2 Å². The monoisotopic (exact) mass is 493 g/mol. The molecule has 3 aromatic rings. The van der Waals surface area contributed by atoms with Gasteiger partial charge in [-0.05, 0) is 52.7 Å². The predicted molar refractivity (Wildman–Crippen MR) is 142 cm³/mol. The molecule has 9 nitrogen and oxygen atoms in total. The third-order valence-corrected chi connectivity index (χ3v) is 6.08. The number of anilines is 1. The highest BCUT2D eigenvalue weighted by molar-refractivity contribution is 6.10. The Balaban J connectivity index is 0.000000275. The number of hydrogen-bond acceptors (Lipinski definition) is 7. The Bertz CT molecular complexity index is 1330. The first-order valence-electron chi connectivity index (χ1n) is 12.0. The van der Waals surface area contributed by atoms with Gasteiger partial charge in [-0.1, -0.05) is 23.8 Å². The van der Waals surface area contributed by atoms with Crippen LogP contribution in [0.25, 0.3) is 11.0 Å². The molecule has 0 amide bonds. The van der Waals surface area contributed by atoms with E-state index in [1.807, 2.05) is 30.6 Å². The topological polar surface area (TPSA) is 123 Å². The molecule has 0 spiro atoms. The molecule has 0 bridgehead atoms. The molecule has 36 heavy (non-hydrogen) atoms. The van der Waals surface area contributed by atoms with Gasteiger partial charge in [0.1, 0.15) is 22.6 Å².